The average Bonchev–Trinajstić information content (AvgIpc) is 3.45. The van der Waals surface area contributed by atoms with Crippen LogP contribution in [0.15, 0.2) is 30.6 Å². The van der Waals surface area contributed by atoms with Crippen LogP contribution in [-0.2, 0) is 17.5 Å². The zero-order valence-corrected chi connectivity index (χ0v) is 18.4. The Morgan fingerprint density at radius 1 is 1.03 bits per heavy atom. The van der Waals surface area contributed by atoms with Crippen LogP contribution in [0.3, 0.4) is 0 Å². The van der Waals surface area contributed by atoms with Crippen LogP contribution >= 0.6 is 0 Å². The van der Waals surface area contributed by atoms with Crippen molar-refractivity contribution in [2.75, 3.05) is 49.5 Å². The van der Waals surface area contributed by atoms with Gasteiger partial charge in [0.2, 0.25) is 5.91 Å². The van der Waals surface area contributed by atoms with Crippen molar-refractivity contribution in [1.82, 2.24) is 19.6 Å². The van der Waals surface area contributed by atoms with E-state index in [1.54, 1.807) is 4.90 Å². The maximum atomic E-state index is 13.5. The lowest BCUT2D eigenvalue weighted by atomic mass is 10.1. The molecule has 0 atom stereocenters. The highest BCUT2D eigenvalue weighted by Gasteiger charge is 2.32. The number of halogens is 3. The molecule has 0 unspecified atom stereocenters. The number of aromatic nitrogens is 2. The van der Waals surface area contributed by atoms with Crippen molar-refractivity contribution in [2.24, 2.45) is 0 Å². The second-order valence-electron chi connectivity index (χ2n) is 8.48. The van der Waals surface area contributed by atoms with Gasteiger partial charge in [-0.15, -0.1) is 0 Å². The summed E-state index contributed by atoms with van der Waals surface area (Å²) in [4.78, 5) is 29.5. The Hall–Kier alpha value is -3.08. The lowest BCUT2D eigenvalue weighted by molar-refractivity contribution is -0.137. The summed E-state index contributed by atoms with van der Waals surface area (Å²) in [7, 11) is 0. The Balaban J connectivity index is 1.39. The first-order valence-electron chi connectivity index (χ1n) is 11.0. The standard InChI is InChI=1S/C22H27F3N6O2/c1-16(32)27-19-13-26-31(15-19)21(33)30-8-6-28(7-9-30)14-17-10-18(22(23,24)25)12-20(11-17)29-4-2-3-5-29/h10-13,15H,2-9,14H2,1H3,(H,27,32). The van der Waals surface area contributed by atoms with Gasteiger partial charge in [0.05, 0.1) is 23.6 Å². The van der Waals surface area contributed by atoms with Gasteiger partial charge >= 0.3 is 12.2 Å². The topological polar surface area (TPSA) is 73.7 Å². The summed E-state index contributed by atoms with van der Waals surface area (Å²) >= 11 is 0. The lowest BCUT2D eigenvalue weighted by Crippen LogP contribution is -2.49. The Labute approximate surface area is 189 Å². The molecule has 2 fully saturated rings. The normalized spacial score (nSPS) is 17.5. The number of amides is 2. The van der Waals surface area contributed by atoms with E-state index in [0.29, 0.717) is 49.7 Å². The Bertz CT molecular complexity index is 1010. The third kappa shape index (κ3) is 5.65. The molecule has 0 aliphatic carbocycles. The Morgan fingerprint density at radius 3 is 2.36 bits per heavy atom. The molecule has 1 aromatic carbocycles. The monoisotopic (exact) mass is 464 g/mol. The van der Waals surface area contributed by atoms with Crippen molar-refractivity contribution >= 4 is 23.3 Å². The first-order chi connectivity index (χ1) is 15.7. The summed E-state index contributed by atoms with van der Waals surface area (Å²) < 4.78 is 41.6. The number of alkyl halides is 3. The number of nitrogens with zero attached hydrogens (tertiary/aromatic N) is 5. The zero-order chi connectivity index (χ0) is 23.6. The number of hydrogen-bond acceptors (Lipinski definition) is 5. The van der Waals surface area contributed by atoms with Crippen molar-refractivity contribution < 1.29 is 22.8 Å². The Morgan fingerprint density at radius 2 is 1.73 bits per heavy atom. The molecule has 33 heavy (non-hydrogen) atoms. The van der Waals surface area contributed by atoms with Crippen LogP contribution in [-0.4, -0.2) is 70.8 Å². The molecule has 3 heterocycles. The molecule has 2 amide bonds. The van der Waals surface area contributed by atoms with E-state index in [1.165, 1.54) is 36.1 Å². The van der Waals surface area contributed by atoms with Gasteiger partial charge < -0.3 is 15.1 Å². The van der Waals surface area contributed by atoms with E-state index in [-0.39, 0.29) is 11.9 Å². The fraction of sp³-hybridized carbons (Fsp3) is 0.500. The minimum absolute atomic E-state index is 0.252. The van der Waals surface area contributed by atoms with E-state index < -0.39 is 11.7 Å². The summed E-state index contributed by atoms with van der Waals surface area (Å²) in [5.41, 5.74) is 1.07. The third-order valence-corrected chi connectivity index (χ3v) is 5.92. The van der Waals surface area contributed by atoms with Crippen LogP contribution in [0.25, 0.3) is 0 Å². The molecule has 0 bridgehead atoms. The fourth-order valence-corrected chi connectivity index (χ4v) is 4.28. The third-order valence-electron chi connectivity index (χ3n) is 5.92. The van der Waals surface area contributed by atoms with E-state index in [0.717, 1.165) is 25.9 Å². The predicted molar refractivity (Wildman–Crippen MR) is 117 cm³/mol. The minimum atomic E-state index is -4.39. The number of benzene rings is 1. The van der Waals surface area contributed by atoms with Crippen molar-refractivity contribution in [3.05, 3.63) is 41.7 Å². The van der Waals surface area contributed by atoms with Crippen LogP contribution in [0.4, 0.5) is 29.3 Å². The largest absolute Gasteiger partial charge is 0.416 e. The van der Waals surface area contributed by atoms with Crippen LogP contribution in [0.5, 0.6) is 0 Å². The van der Waals surface area contributed by atoms with Crippen LogP contribution < -0.4 is 10.2 Å². The molecule has 2 aromatic rings. The molecule has 2 aliphatic heterocycles. The maximum Gasteiger partial charge on any atom is 0.416 e. The van der Waals surface area contributed by atoms with Crippen molar-refractivity contribution in [2.45, 2.75) is 32.5 Å². The predicted octanol–water partition coefficient (Wildman–Crippen LogP) is 3.25. The summed E-state index contributed by atoms with van der Waals surface area (Å²) in [6, 6.07) is 4.02. The smallest absolute Gasteiger partial charge is 0.372 e. The lowest BCUT2D eigenvalue weighted by Gasteiger charge is -2.34. The minimum Gasteiger partial charge on any atom is -0.372 e. The van der Waals surface area contributed by atoms with E-state index in [1.807, 2.05) is 11.0 Å². The zero-order valence-electron chi connectivity index (χ0n) is 18.4. The highest BCUT2D eigenvalue weighted by atomic mass is 19.4. The molecule has 11 heteroatoms. The van der Waals surface area contributed by atoms with Gasteiger partial charge in [-0.25, -0.2) is 4.79 Å². The van der Waals surface area contributed by atoms with Crippen molar-refractivity contribution in [3.8, 4) is 0 Å². The SMILES string of the molecule is CC(=O)Nc1cnn(C(=O)N2CCN(Cc3cc(N4CCCC4)cc(C(F)(F)F)c3)CC2)c1. The number of rotatable bonds is 4. The van der Waals surface area contributed by atoms with Gasteiger partial charge in [0.15, 0.2) is 0 Å². The number of carbonyl (C=O) groups excluding carboxylic acids is 2. The van der Waals surface area contributed by atoms with Crippen LogP contribution in [0.2, 0.25) is 0 Å². The first-order valence-corrected chi connectivity index (χ1v) is 11.0. The summed E-state index contributed by atoms with van der Waals surface area (Å²) in [5.74, 6) is -0.252. The van der Waals surface area contributed by atoms with E-state index in [2.05, 4.69) is 15.3 Å². The van der Waals surface area contributed by atoms with Gasteiger partial charge in [0.25, 0.3) is 0 Å². The molecule has 0 spiro atoms. The number of anilines is 2. The van der Waals surface area contributed by atoms with Crippen molar-refractivity contribution in [3.63, 3.8) is 0 Å². The molecule has 2 aliphatic rings. The number of nitrogens with one attached hydrogen (secondary N) is 1. The van der Waals surface area contributed by atoms with Gasteiger partial charge in [0, 0.05) is 58.4 Å². The molecule has 0 saturated carbocycles. The van der Waals surface area contributed by atoms with Crippen LogP contribution in [0, 0.1) is 0 Å². The number of hydrogen-bond donors (Lipinski definition) is 1. The second kappa shape index (κ2) is 9.42. The molecule has 2 saturated heterocycles. The molecule has 8 nitrogen and oxygen atoms in total. The summed E-state index contributed by atoms with van der Waals surface area (Å²) in [6.45, 7) is 5.27. The highest BCUT2D eigenvalue weighted by Crippen LogP contribution is 2.34. The quantitative estimate of drug-likeness (QED) is 0.752. The first kappa shape index (κ1) is 23.1. The van der Waals surface area contributed by atoms with Gasteiger partial charge in [-0.3, -0.25) is 9.69 Å². The van der Waals surface area contributed by atoms with Crippen LogP contribution in [0.1, 0.15) is 30.9 Å². The van der Waals surface area contributed by atoms with Gasteiger partial charge in [0.1, 0.15) is 0 Å². The average molecular weight is 464 g/mol. The maximum absolute atomic E-state index is 13.5. The van der Waals surface area contributed by atoms with E-state index in [9.17, 15) is 22.8 Å². The molecule has 1 aromatic heterocycles. The second-order valence-corrected chi connectivity index (χ2v) is 8.48. The number of carbonyl (C=O) groups is 2. The van der Waals surface area contributed by atoms with E-state index >= 15 is 0 Å². The summed E-state index contributed by atoms with van der Waals surface area (Å²) in [5, 5.41) is 6.57. The molecule has 1 N–H and O–H groups in total. The fourth-order valence-electron chi connectivity index (χ4n) is 4.28. The molecular weight excluding hydrogens is 437 g/mol. The van der Waals surface area contributed by atoms with Crippen molar-refractivity contribution in [1.29, 1.82) is 0 Å². The Kier molecular flexibility index (Phi) is 6.59. The molecule has 178 valence electrons. The van der Waals surface area contributed by atoms with E-state index in [4.69, 9.17) is 0 Å². The number of piperazine rings is 1. The molecular formula is C22H27F3N6O2. The van der Waals surface area contributed by atoms with Gasteiger partial charge in [-0.2, -0.15) is 23.0 Å². The van der Waals surface area contributed by atoms with Gasteiger partial charge in [-0.1, -0.05) is 0 Å². The van der Waals surface area contributed by atoms with Gasteiger partial charge in [-0.05, 0) is 36.6 Å². The molecule has 4 rings (SSSR count). The molecule has 0 radical (unpaired) electrons. The summed E-state index contributed by atoms with van der Waals surface area (Å²) in [6.07, 6.45) is 0.448. The highest BCUT2D eigenvalue weighted by molar-refractivity contribution is 5.89.